The molecule has 0 aliphatic rings. The molecular weight excluding hydrogens is 104 g/mol. The van der Waals surface area contributed by atoms with E-state index in [9.17, 15) is 4.79 Å². The highest BCUT2D eigenvalue weighted by Gasteiger charge is 1.81. The molecule has 0 saturated heterocycles. The van der Waals surface area contributed by atoms with Gasteiger partial charge < -0.3 is 0 Å². The molecule has 8 heavy (non-hydrogen) atoms. The summed E-state index contributed by atoms with van der Waals surface area (Å²) < 4.78 is 0. The van der Waals surface area contributed by atoms with E-state index in [0.29, 0.717) is 0 Å². The van der Waals surface area contributed by atoms with Gasteiger partial charge in [0.05, 0.1) is 11.8 Å². The van der Waals surface area contributed by atoms with Crippen LogP contribution >= 0.6 is 0 Å². The summed E-state index contributed by atoms with van der Waals surface area (Å²) >= 11 is 0. The molecule has 0 atom stereocenters. The van der Waals surface area contributed by atoms with Gasteiger partial charge in [0.15, 0.2) is 0 Å². The lowest BCUT2D eigenvalue weighted by Gasteiger charge is -1.82. The fourth-order valence-corrected chi connectivity index (χ4v) is 0.373. The van der Waals surface area contributed by atoms with Gasteiger partial charge in [-0.25, -0.2) is 5.10 Å². The predicted molar refractivity (Wildman–Crippen MR) is 28.4 cm³/mol. The molecule has 1 aromatic rings. The van der Waals surface area contributed by atoms with E-state index in [0.717, 1.165) is 5.69 Å². The van der Waals surface area contributed by atoms with Gasteiger partial charge in [-0.15, -0.1) is 0 Å². The van der Waals surface area contributed by atoms with Crippen LogP contribution in [-0.4, -0.2) is 10.2 Å². The topological polar surface area (TPSA) is 45.8 Å². The molecule has 1 aromatic heterocycles. The highest BCUT2D eigenvalue weighted by molar-refractivity contribution is 4.93. The summed E-state index contributed by atoms with van der Waals surface area (Å²) in [5.41, 5.74) is 0.486. The molecule has 0 aromatic carbocycles. The van der Waals surface area contributed by atoms with Crippen LogP contribution < -0.4 is 5.56 Å². The van der Waals surface area contributed by atoms with Gasteiger partial charge in [0.1, 0.15) is 0 Å². The Balaban J connectivity index is 3.22. The Labute approximate surface area is 46.4 Å². The number of aromatic nitrogens is 2. The van der Waals surface area contributed by atoms with Crippen LogP contribution in [0.25, 0.3) is 0 Å². The smallest absolute Gasteiger partial charge is 0.267 e. The zero-order valence-corrected chi connectivity index (χ0v) is 4.43. The van der Waals surface area contributed by atoms with Crippen molar-refractivity contribution in [1.29, 1.82) is 0 Å². The van der Waals surface area contributed by atoms with E-state index in [1.807, 2.05) is 0 Å². The summed E-state index contributed by atoms with van der Waals surface area (Å²) in [7, 11) is 0. The van der Waals surface area contributed by atoms with E-state index >= 15 is 0 Å². The number of nitrogens with one attached hydrogen (secondary N) is 1. The minimum Gasteiger partial charge on any atom is -0.267 e. The molecule has 0 fully saturated rings. The predicted octanol–water partition coefficient (Wildman–Crippen LogP) is -0.121. The van der Waals surface area contributed by atoms with Crippen LogP contribution in [0.15, 0.2) is 10.9 Å². The van der Waals surface area contributed by atoms with Crippen molar-refractivity contribution in [3.8, 4) is 0 Å². The van der Waals surface area contributed by atoms with Gasteiger partial charge >= 0.3 is 0 Å². The summed E-state index contributed by atoms with van der Waals surface area (Å²) in [6.45, 7) is 1.78. The van der Waals surface area contributed by atoms with Gasteiger partial charge in [0.2, 0.25) is 0 Å². The second kappa shape index (κ2) is 1.78. The SMILES string of the molecule is Cc1c[c]c(=O)[nH]n1. The highest BCUT2D eigenvalue weighted by Crippen LogP contribution is 1.78. The number of nitrogens with zero attached hydrogens (tertiary/aromatic N) is 1. The lowest BCUT2D eigenvalue weighted by Crippen LogP contribution is -2.05. The summed E-state index contributed by atoms with van der Waals surface area (Å²) in [5.74, 6) is 0. The second-order valence-corrected chi connectivity index (χ2v) is 1.48. The van der Waals surface area contributed by atoms with Gasteiger partial charge in [-0.3, -0.25) is 4.79 Å². The van der Waals surface area contributed by atoms with E-state index in [1.54, 1.807) is 13.0 Å². The molecule has 1 rings (SSSR count). The lowest BCUT2D eigenvalue weighted by molar-refractivity contribution is 0.943. The zero-order valence-electron chi connectivity index (χ0n) is 4.43. The molecule has 3 heteroatoms. The zero-order chi connectivity index (χ0) is 5.98. The lowest BCUT2D eigenvalue weighted by atomic mass is 10.4. The first-order valence-electron chi connectivity index (χ1n) is 2.23. The van der Waals surface area contributed by atoms with Crippen LogP contribution in [0.4, 0.5) is 0 Å². The van der Waals surface area contributed by atoms with E-state index in [-0.39, 0.29) is 5.56 Å². The van der Waals surface area contributed by atoms with Gasteiger partial charge in [0.25, 0.3) is 5.56 Å². The van der Waals surface area contributed by atoms with Crippen LogP contribution in [0.5, 0.6) is 0 Å². The maximum Gasteiger partial charge on any atom is 0.272 e. The van der Waals surface area contributed by atoms with Crippen molar-refractivity contribution in [2.75, 3.05) is 0 Å². The first kappa shape index (κ1) is 5.03. The van der Waals surface area contributed by atoms with Crippen molar-refractivity contribution in [3.63, 3.8) is 0 Å². The van der Waals surface area contributed by atoms with Crippen LogP contribution in [0.2, 0.25) is 0 Å². The molecule has 1 heterocycles. The fraction of sp³-hybridized carbons (Fsp3) is 0.200. The summed E-state index contributed by atoms with van der Waals surface area (Å²) in [5, 5.41) is 5.85. The van der Waals surface area contributed by atoms with E-state index in [4.69, 9.17) is 0 Å². The average Bonchev–Trinajstić information content (AvgIpc) is 1.77. The molecule has 0 spiro atoms. The van der Waals surface area contributed by atoms with Gasteiger partial charge in [-0.05, 0) is 13.0 Å². The Morgan fingerprint density at radius 2 is 2.62 bits per heavy atom. The van der Waals surface area contributed by atoms with Crippen molar-refractivity contribution < 1.29 is 0 Å². The van der Waals surface area contributed by atoms with E-state index in [1.165, 1.54) is 0 Å². The third kappa shape index (κ3) is 0.932. The first-order chi connectivity index (χ1) is 3.79. The number of H-pyrrole nitrogens is 1. The Morgan fingerprint density at radius 3 is 3.00 bits per heavy atom. The minimum atomic E-state index is -0.282. The third-order valence-corrected chi connectivity index (χ3v) is 0.746. The van der Waals surface area contributed by atoms with Crippen molar-refractivity contribution in [2.24, 2.45) is 0 Å². The number of hydrogen-bond donors (Lipinski definition) is 1. The molecule has 0 aliphatic heterocycles. The van der Waals surface area contributed by atoms with E-state index in [2.05, 4.69) is 16.3 Å². The highest BCUT2D eigenvalue weighted by atomic mass is 16.1. The monoisotopic (exact) mass is 109 g/mol. The molecule has 41 valence electrons. The Kier molecular flexibility index (Phi) is 1.12. The standard InChI is InChI=1S/C5H5N2O/c1-4-2-3-5(8)7-6-4/h2H,1H3,(H,7,8). The van der Waals surface area contributed by atoms with E-state index < -0.39 is 0 Å². The quantitative estimate of drug-likeness (QED) is 0.504. The molecule has 0 unspecified atom stereocenters. The van der Waals surface area contributed by atoms with Crippen molar-refractivity contribution >= 4 is 0 Å². The molecule has 0 saturated carbocycles. The fourth-order valence-electron chi connectivity index (χ4n) is 0.373. The van der Waals surface area contributed by atoms with Gasteiger partial charge in [0, 0.05) is 0 Å². The second-order valence-electron chi connectivity index (χ2n) is 1.48. The molecule has 0 amide bonds. The Hall–Kier alpha value is -1.12. The van der Waals surface area contributed by atoms with Gasteiger partial charge in [-0.2, -0.15) is 5.10 Å². The van der Waals surface area contributed by atoms with Crippen molar-refractivity contribution in [2.45, 2.75) is 6.92 Å². The number of aryl methyl sites for hydroxylation is 1. The van der Waals surface area contributed by atoms with Crippen molar-refractivity contribution in [1.82, 2.24) is 10.2 Å². The Bertz CT molecular complexity index is 208. The maximum atomic E-state index is 10.2. The molecule has 1 N–H and O–H groups in total. The maximum absolute atomic E-state index is 10.2. The van der Waals surface area contributed by atoms with Crippen LogP contribution in [-0.2, 0) is 0 Å². The number of aromatic amines is 1. The largest absolute Gasteiger partial charge is 0.272 e. The Morgan fingerprint density at radius 1 is 1.88 bits per heavy atom. The van der Waals surface area contributed by atoms with Crippen LogP contribution in [0, 0.1) is 13.0 Å². The summed E-state index contributed by atoms with van der Waals surface area (Å²) in [4.78, 5) is 10.2. The molecule has 3 nitrogen and oxygen atoms in total. The molecule has 0 aliphatic carbocycles. The van der Waals surface area contributed by atoms with Crippen LogP contribution in [0.1, 0.15) is 5.69 Å². The minimum absolute atomic E-state index is 0.282. The number of rotatable bonds is 0. The molecular formula is C5H5N2O. The van der Waals surface area contributed by atoms with Crippen LogP contribution in [0.3, 0.4) is 0 Å². The number of hydrogen-bond acceptors (Lipinski definition) is 2. The third-order valence-electron chi connectivity index (χ3n) is 0.746. The average molecular weight is 109 g/mol. The summed E-state index contributed by atoms with van der Waals surface area (Å²) in [6, 6.07) is 3.97. The first-order valence-corrected chi connectivity index (χ1v) is 2.23. The van der Waals surface area contributed by atoms with Crippen molar-refractivity contribution in [3.05, 3.63) is 28.2 Å². The molecule has 1 radical (unpaired) electrons. The molecule has 0 bridgehead atoms. The van der Waals surface area contributed by atoms with Gasteiger partial charge in [-0.1, -0.05) is 0 Å². The normalized spacial score (nSPS) is 9.12. The summed E-state index contributed by atoms with van der Waals surface area (Å²) in [6.07, 6.45) is 0.